The number of hydrogen-bond acceptors (Lipinski definition) is 3. The molecule has 0 bridgehead atoms. The van der Waals surface area contributed by atoms with E-state index in [-0.39, 0.29) is 12.3 Å². The fraction of sp³-hybridized carbons (Fsp3) is 0.526. The molecule has 1 saturated heterocycles. The summed E-state index contributed by atoms with van der Waals surface area (Å²) in [6.07, 6.45) is 5.49. The Morgan fingerprint density at radius 1 is 1.37 bits per heavy atom. The van der Waals surface area contributed by atoms with Gasteiger partial charge in [-0.3, -0.25) is 4.90 Å². The number of nitrogens with one attached hydrogen (secondary N) is 1. The van der Waals surface area contributed by atoms with Crippen LogP contribution < -0.4 is 10.1 Å². The zero-order chi connectivity index (χ0) is 19.2. The van der Waals surface area contributed by atoms with Gasteiger partial charge < -0.3 is 15.0 Å². The molecular weight excluding hydrogens is 374 g/mol. The standard InChI is InChI=1S/C19H25ClF2N4O/c1-2-23-19(26-10-7-16(13-26)25-8-3-4-9-25)24-12-14-11-15(20)5-6-17(14)27-18(21)22/h3-6,11,16,18H,2,7-10,12-13H2,1H3,(H,23,24). The molecule has 0 spiro atoms. The number of benzene rings is 1. The first-order valence-corrected chi connectivity index (χ1v) is 9.60. The quantitative estimate of drug-likeness (QED) is 0.453. The minimum absolute atomic E-state index is 0.108. The van der Waals surface area contributed by atoms with Gasteiger partial charge in [-0.05, 0) is 31.5 Å². The number of likely N-dealkylation sites (tertiary alicyclic amines) is 1. The third-order valence-corrected chi connectivity index (χ3v) is 5.03. The Hall–Kier alpha value is -1.86. The van der Waals surface area contributed by atoms with Gasteiger partial charge in [-0.1, -0.05) is 23.8 Å². The molecule has 2 aliphatic heterocycles. The lowest BCUT2D eigenvalue weighted by molar-refractivity contribution is -0.0504. The van der Waals surface area contributed by atoms with Crippen LogP contribution in [0.2, 0.25) is 5.02 Å². The van der Waals surface area contributed by atoms with Gasteiger partial charge in [0.25, 0.3) is 0 Å². The Bertz CT molecular complexity index is 690. The van der Waals surface area contributed by atoms with Crippen LogP contribution in [0.25, 0.3) is 0 Å². The lowest BCUT2D eigenvalue weighted by atomic mass is 10.2. The predicted octanol–water partition coefficient (Wildman–Crippen LogP) is 3.35. The molecule has 0 radical (unpaired) electrons. The van der Waals surface area contributed by atoms with Crippen LogP contribution in [0.3, 0.4) is 0 Å². The molecule has 1 atom stereocenters. The minimum atomic E-state index is -2.88. The zero-order valence-electron chi connectivity index (χ0n) is 15.4. The number of nitrogens with zero attached hydrogens (tertiary/aromatic N) is 3. The number of guanidine groups is 1. The topological polar surface area (TPSA) is 40.1 Å². The maximum absolute atomic E-state index is 12.6. The highest BCUT2D eigenvalue weighted by molar-refractivity contribution is 6.30. The summed E-state index contributed by atoms with van der Waals surface area (Å²) in [6, 6.07) is 5.12. The number of alkyl halides is 2. The van der Waals surface area contributed by atoms with Crippen LogP contribution in [0.5, 0.6) is 5.75 Å². The summed E-state index contributed by atoms with van der Waals surface area (Å²) in [7, 11) is 0. The summed E-state index contributed by atoms with van der Waals surface area (Å²) >= 11 is 6.02. The van der Waals surface area contributed by atoms with E-state index in [1.54, 1.807) is 6.07 Å². The maximum atomic E-state index is 12.6. The molecule has 5 nitrogen and oxygen atoms in total. The summed E-state index contributed by atoms with van der Waals surface area (Å²) in [6.45, 7) is 3.92. The predicted molar refractivity (Wildman–Crippen MR) is 104 cm³/mol. The van der Waals surface area contributed by atoms with Crippen molar-refractivity contribution < 1.29 is 13.5 Å². The van der Waals surface area contributed by atoms with Crippen LogP contribution in [0, 0.1) is 0 Å². The minimum Gasteiger partial charge on any atom is -0.434 e. The van der Waals surface area contributed by atoms with Crippen molar-refractivity contribution in [3.63, 3.8) is 0 Å². The summed E-state index contributed by atoms with van der Waals surface area (Å²) in [5.74, 6) is 0.895. The molecule has 1 fully saturated rings. The van der Waals surface area contributed by atoms with Crippen LogP contribution in [-0.4, -0.2) is 61.1 Å². The fourth-order valence-corrected chi connectivity index (χ4v) is 3.69. The third-order valence-electron chi connectivity index (χ3n) is 4.80. The van der Waals surface area contributed by atoms with E-state index in [0.717, 1.165) is 45.1 Å². The van der Waals surface area contributed by atoms with Crippen molar-refractivity contribution in [3.8, 4) is 5.75 Å². The van der Waals surface area contributed by atoms with E-state index in [9.17, 15) is 8.78 Å². The molecule has 8 heteroatoms. The van der Waals surface area contributed by atoms with Gasteiger partial charge in [-0.25, -0.2) is 4.99 Å². The van der Waals surface area contributed by atoms with E-state index in [2.05, 4.69) is 37.0 Å². The molecular formula is C19H25ClF2N4O. The molecule has 1 unspecified atom stereocenters. The number of aliphatic imine (C=N–C) groups is 1. The number of halogens is 3. The Balaban J connectivity index is 1.70. The van der Waals surface area contributed by atoms with Crippen molar-refractivity contribution in [2.75, 3.05) is 32.7 Å². The molecule has 1 aromatic rings. The van der Waals surface area contributed by atoms with Crippen LogP contribution >= 0.6 is 11.6 Å². The fourth-order valence-electron chi connectivity index (χ4n) is 3.49. The van der Waals surface area contributed by atoms with Gasteiger partial charge in [0.1, 0.15) is 5.75 Å². The van der Waals surface area contributed by atoms with Crippen molar-refractivity contribution in [1.82, 2.24) is 15.1 Å². The zero-order valence-corrected chi connectivity index (χ0v) is 16.1. The highest BCUT2D eigenvalue weighted by atomic mass is 35.5. The van der Waals surface area contributed by atoms with Gasteiger partial charge in [-0.15, -0.1) is 0 Å². The van der Waals surface area contributed by atoms with E-state index in [1.165, 1.54) is 12.1 Å². The largest absolute Gasteiger partial charge is 0.434 e. The molecule has 2 aliphatic rings. The van der Waals surface area contributed by atoms with Crippen molar-refractivity contribution in [2.45, 2.75) is 32.5 Å². The van der Waals surface area contributed by atoms with Gasteiger partial charge >= 0.3 is 6.61 Å². The molecule has 0 aromatic heterocycles. The molecule has 148 valence electrons. The first-order valence-electron chi connectivity index (χ1n) is 9.22. The second-order valence-corrected chi connectivity index (χ2v) is 7.05. The summed E-state index contributed by atoms with van der Waals surface area (Å²) in [4.78, 5) is 9.33. The average molecular weight is 399 g/mol. The molecule has 2 heterocycles. The molecule has 0 amide bonds. The third kappa shape index (κ3) is 5.32. The monoisotopic (exact) mass is 398 g/mol. The van der Waals surface area contributed by atoms with Crippen molar-refractivity contribution in [3.05, 3.63) is 40.9 Å². The average Bonchev–Trinajstić information content (AvgIpc) is 3.31. The summed E-state index contributed by atoms with van der Waals surface area (Å²) in [5.41, 5.74) is 0.540. The number of ether oxygens (including phenoxy) is 1. The highest BCUT2D eigenvalue weighted by Gasteiger charge is 2.29. The molecule has 1 aromatic carbocycles. The Kier molecular flexibility index (Phi) is 6.90. The van der Waals surface area contributed by atoms with E-state index in [1.807, 2.05) is 6.92 Å². The van der Waals surface area contributed by atoms with E-state index < -0.39 is 6.61 Å². The van der Waals surface area contributed by atoms with Gasteiger partial charge in [0.15, 0.2) is 5.96 Å². The number of rotatable bonds is 6. The Morgan fingerprint density at radius 3 is 2.85 bits per heavy atom. The molecule has 3 rings (SSSR count). The molecule has 27 heavy (non-hydrogen) atoms. The van der Waals surface area contributed by atoms with Crippen molar-refractivity contribution >= 4 is 17.6 Å². The van der Waals surface area contributed by atoms with Gasteiger partial charge in [-0.2, -0.15) is 8.78 Å². The first-order chi connectivity index (χ1) is 13.1. The molecule has 0 saturated carbocycles. The summed E-state index contributed by atoms with van der Waals surface area (Å²) in [5, 5.41) is 3.77. The van der Waals surface area contributed by atoms with Gasteiger partial charge in [0.2, 0.25) is 0 Å². The SMILES string of the molecule is CCNC(=NCc1cc(Cl)ccc1OC(F)F)N1CCC(N2CC=CC2)C1. The number of hydrogen-bond donors (Lipinski definition) is 1. The first kappa shape index (κ1) is 19.9. The van der Waals surface area contributed by atoms with Gasteiger partial charge in [0.05, 0.1) is 6.54 Å². The normalized spacial score (nSPS) is 20.7. The lowest BCUT2D eigenvalue weighted by Crippen LogP contribution is -2.42. The van der Waals surface area contributed by atoms with E-state index >= 15 is 0 Å². The Morgan fingerprint density at radius 2 is 2.15 bits per heavy atom. The van der Waals surface area contributed by atoms with Gasteiger partial charge in [0, 0.05) is 49.4 Å². The van der Waals surface area contributed by atoms with Crippen LogP contribution in [0.4, 0.5) is 8.78 Å². The maximum Gasteiger partial charge on any atom is 0.387 e. The van der Waals surface area contributed by atoms with Crippen molar-refractivity contribution in [2.24, 2.45) is 4.99 Å². The Labute approximate surface area is 163 Å². The van der Waals surface area contributed by atoms with E-state index in [4.69, 9.17) is 11.6 Å². The molecule has 1 N–H and O–H groups in total. The van der Waals surface area contributed by atoms with E-state index in [0.29, 0.717) is 16.6 Å². The second-order valence-electron chi connectivity index (χ2n) is 6.61. The van der Waals surface area contributed by atoms with Crippen LogP contribution in [0.1, 0.15) is 18.9 Å². The van der Waals surface area contributed by atoms with Crippen LogP contribution in [0.15, 0.2) is 35.3 Å². The highest BCUT2D eigenvalue weighted by Crippen LogP contribution is 2.25. The smallest absolute Gasteiger partial charge is 0.387 e. The summed E-state index contributed by atoms with van der Waals surface area (Å²) < 4.78 is 29.9. The molecule has 0 aliphatic carbocycles. The van der Waals surface area contributed by atoms with Crippen molar-refractivity contribution in [1.29, 1.82) is 0 Å². The van der Waals surface area contributed by atoms with Crippen LogP contribution in [-0.2, 0) is 6.54 Å². The lowest BCUT2D eigenvalue weighted by Gasteiger charge is -2.25. The second kappa shape index (κ2) is 9.37.